The van der Waals surface area contributed by atoms with Crippen molar-refractivity contribution in [1.29, 1.82) is 0 Å². The quantitative estimate of drug-likeness (QED) is 0.848. The molecule has 2 N–H and O–H groups in total. The second-order valence-electron chi connectivity index (χ2n) is 8.04. The van der Waals surface area contributed by atoms with Crippen molar-refractivity contribution in [3.05, 3.63) is 47.2 Å². The molecule has 144 valence electrons. The van der Waals surface area contributed by atoms with E-state index in [4.69, 9.17) is 0 Å². The number of halogens is 1. The van der Waals surface area contributed by atoms with Crippen LogP contribution in [0.25, 0.3) is 0 Å². The number of carbonyl (C=O) groups is 1. The van der Waals surface area contributed by atoms with Crippen LogP contribution >= 0.6 is 0 Å². The van der Waals surface area contributed by atoms with Crippen LogP contribution in [0.4, 0.5) is 15.9 Å². The molecule has 2 aliphatic carbocycles. The Morgan fingerprint density at radius 3 is 2.79 bits per heavy atom. The number of amides is 1. The third-order valence-electron chi connectivity index (χ3n) is 6.41. The first-order valence-electron chi connectivity index (χ1n) is 9.85. The summed E-state index contributed by atoms with van der Waals surface area (Å²) in [6, 6.07) is 3.41. The molecule has 0 bridgehead atoms. The highest BCUT2D eigenvalue weighted by Crippen LogP contribution is 2.53. The lowest BCUT2D eigenvalue weighted by Crippen LogP contribution is -2.54. The minimum absolute atomic E-state index is 0.140. The normalized spacial score (nSPS) is 21.4. The van der Waals surface area contributed by atoms with Crippen molar-refractivity contribution in [2.24, 2.45) is 10.4 Å². The van der Waals surface area contributed by atoms with Crippen molar-refractivity contribution in [3.8, 4) is 0 Å². The van der Waals surface area contributed by atoms with E-state index in [2.05, 4.69) is 25.6 Å². The van der Waals surface area contributed by atoms with Gasteiger partial charge in [-0.25, -0.2) is 9.37 Å². The van der Waals surface area contributed by atoms with Crippen LogP contribution in [0.15, 0.2) is 29.5 Å². The Kier molecular flexibility index (Phi) is 4.10. The molecule has 0 saturated heterocycles. The van der Waals surface area contributed by atoms with Gasteiger partial charge in [0, 0.05) is 29.4 Å². The highest BCUT2D eigenvalue weighted by atomic mass is 19.1. The van der Waals surface area contributed by atoms with Crippen molar-refractivity contribution in [2.45, 2.75) is 51.1 Å². The third kappa shape index (κ3) is 2.95. The molecule has 1 amide bonds. The smallest absolute Gasteiger partial charge is 0.270 e. The van der Waals surface area contributed by atoms with E-state index in [9.17, 15) is 9.18 Å². The number of rotatable bonds is 4. The van der Waals surface area contributed by atoms with E-state index < -0.39 is 5.82 Å². The predicted octanol–water partition coefficient (Wildman–Crippen LogP) is 3.74. The van der Waals surface area contributed by atoms with Crippen molar-refractivity contribution in [3.63, 3.8) is 0 Å². The topological polar surface area (TPSA) is 79.3 Å². The molecule has 3 heterocycles. The lowest BCUT2D eigenvalue weighted by molar-refractivity contribution is 0.0579. The highest BCUT2D eigenvalue weighted by molar-refractivity contribution is 5.99. The van der Waals surface area contributed by atoms with E-state index in [0.717, 1.165) is 23.7 Å². The zero-order chi connectivity index (χ0) is 19.1. The Bertz CT molecular complexity index is 967. The summed E-state index contributed by atoms with van der Waals surface area (Å²) in [4.78, 5) is 25.8. The van der Waals surface area contributed by atoms with Gasteiger partial charge in [-0.1, -0.05) is 12.8 Å². The van der Waals surface area contributed by atoms with Crippen LogP contribution in [-0.4, -0.2) is 28.1 Å². The number of hydrogen-bond acceptors (Lipinski definition) is 5. The van der Waals surface area contributed by atoms with E-state index >= 15 is 0 Å². The van der Waals surface area contributed by atoms with Gasteiger partial charge in [0.05, 0.1) is 24.6 Å². The standard InChI is InChI=1S/C21H22FN5O/c22-14-8-15(11-24-10-14)25-18-7-13-9-23-12-16(13)19(27-18)20(28)26-17-3-6-21(17)4-1-2-5-21/h7-11,17H,1-6,12H2,(H,25,27)(H,26,28). The summed E-state index contributed by atoms with van der Waals surface area (Å²) < 4.78 is 13.4. The summed E-state index contributed by atoms with van der Waals surface area (Å²) >= 11 is 0. The van der Waals surface area contributed by atoms with Crippen LogP contribution in [0, 0.1) is 11.2 Å². The molecule has 1 spiro atoms. The Balaban J connectivity index is 1.41. The van der Waals surface area contributed by atoms with Crippen LogP contribution in [0.3, 0.4) is 0 Å². The highest BCUT2D eigenvalue weighted by Gasteiger charge is 2.48. The van der Waals surface area contributed by atoms with Gasteiger partial charge < -0.3 is 10.6 Å². The minimum atomic E-state index is -0.433. The first-order chi connectivity index (χ1) is 13.6. The number of nitrogens with one attached hydrogen (secondary N) is 2. The van der Waals surface area contributed by atoms with Crippen molar-refractivity contribution in [2.75, 3.05) is 5.32 Å². The molecule has 6 nitrogen and oxygen atoms in total. The number of fused-ring (bicyclic) bond motifs is 1. The predicted molar refractivity (Wildman–Crippen MR) is 104 cm³/mol. The van der Waals surface area contributed by atoms with Gasteiger partial charge in [0.25, 0.3) is 5.91 Å². The maximum atomic E-state index is 13.4. The average molecular weight is 379 g/mol. The Hall–Kier alpha value is -2.83. The van der Waals surface area contributed by atoms with Crippen molar-refractivity contribution in [1.82, 2.24) is 15.3 Å². The average Bonchev–Trinajstić information content (AvgIpc) is 3.35. The van der Waals surface area contributed by atoms with Crippen molar-refractivity contribution >= 4 is 23.6 Å². The van der Waals surface area contributed by atoms with Gasteiger partial charge in [-0.05, 0) is 37.2 Å². The monoisotopic (exact) mass is 379 g/mol. The van der Waals surface area contributed by atoms with Gasteiger partial charge in [-0.2, -0.15) is 0 Å². The first-order valence-corrected chi connectivity index (χ1v) is 9.85. The molecule has 0 radical (unpaired) electrons. The number of nitrogens with zero attached hydrogens (tertiary/aromatic N) is 3. The lowest BCUT2D eigenvalue weighted by atomic mass is 9.63. The molecular formula is C21H22FN5O. The number of aromatic nitrogens is 2. The number of hydrogen-bond donors (Lipinski definition) is 2. The summed E-state index contributed by atoms with van der Waals surface area (Å²) in [5.41, 5.74) is 2.91. The van der Waals surface area contributed by atoms with Crippen molar-refractivity contribution < 1.29 is 9.18 Å². The van der Waals surface area contributed by atoms with Gasteiger partial charge in [-0.3, -0.25) is 14.8 Å². The van der Waals surface area contributed by atoms with Gasteiger partial charge >= 0.3 is 0 Å². The first kappa shape index (κ1) is 17.3. The van der Waals surface area contributed by atoms with E-state index in [1.54, 1.807) is 6.21 Å². The zero-order valence-corrected chi connectivity index (χ0v) is 15.5. The molecule has 7 heteroatoms. The molecular weight excluding hydrogens is 357 g/mol. The Morgan fingerprint density at radius 1 is 1.18 bits per heavy atom. The largest absolute Gasteiger partial charge is 0.347 e. The Morgan fingerprint density at radius 2 is 2.04 bits per heavy atom. The summed E-state index contributed by atoms with van der Waals surface area (Å²) in [7, 11) is 0. The number of carbonyl (C=O) groups excluding carboxylic acids is 1. The molecule has 5 rings (SSSR count). The molecule has 3 aliphatic rings. The zero-order valence-electron chi connectivity index (χ0n) is 15.5. The number of aliphatic imine (C=N–C) groups is 1. The molecule has 1 unspecified atom stereocenters. The van der Waals surface area contributed by atoms with E-state index in [1.165, 1.54) is 44.4 Å². The lowest BCUT2D eigenvalue weighted by Gasteiger charge is -2.47. The minimum Gasteiger partial charge on any atom is -0.347 e. The van der Waals surface area contributed by atoms with Crippen LogP contribution < -0.4 is 10.6 Å². The third-order valence-corrected chi connectivity index (χ3v) is 6.41. The van der Waals surface area contributed by atoms with E-state index in [1.807, 2.05) is 6.07 Å². The fraction of sp³-hybridized carbons (Fsp3) is 0.429. The van der Waals surface area contributed by atoms with Crippen LogP contribution in [0.1, 0.15) is 60.1 Å². The fourth-order valence-electron chi connectivity index (χ4n) is 4.81. The van der Waals surface area contributed by atoms with Crippen LogP contribution in [0.5, 0.6) is 0 Å². The molecule has 1 aliphatic heterocycles. The second kappa shape index (κ2) is 6.65. The number of pyridine rings is 2. The fourth-order valence-corrected chi connectivity index (χ4v) is 4.81. The molecule has 2 aromatic heterocycles. The molecule has 2 saturated carbocycles. The second-order valence-corrected chi connectivity index (χ2v) is 8.04. The Labute approximate surface area is 162 Å². The molecule has 0 aromatic carbocycles. The van der Waals surface area contributed by atoms with Crippen LogP contribution in [0.2, 0.25) is 0 Å². The van der Waals surface area contributed by atoms with Crippen LogP contribution in [-0.2, 0) is 6.54 Å². The van der Waals surface area contributed by atoms with E-state index in [-0.39, 0.29) is 11.9 Å². The molecule has 28 heavy (non-hydrogen) atoms. The molecule has 2 aromatic rings. The van der Waals surface area contributed by atoms with Gasteiger partial charge in [0.2, 0.25) is 0 Å². The summed E-state index contributed by atoms with van der Waals surface area (Å²) in [6.45, 7) is 0.461. The summed E-state index contributed by atoms with van der Waals surface area (Å²) in [5, 5.41) is 6.28. The van der Waals surface area contributed by atoms with E-state index in [0.29, 0.717) is 29.2 Å². The van der Waals surface area contributed by atoms with Gasteiger partial charge in [0.15, 0.2) is 0 Å². The molecule has 2 fully saturated rings. The summed E-state index contributed by atoms with van der Waals surface area (Å²) in [6.07, 6.45) is 11.6. The number of anilines is 2. The maximum Gasteiger partial charge on any atom is 0.270 e. The van der Waals surface area contributed by atoms with Gasteiger partial charge in [-0.15, -0.1) is 0 Å². The van der Waals surface area contributed by atoms with Gasteiger partial charge in [0.1, 0.15) is 17.3 Å². The molecule has 1 atom stereocenters. The SMILES string of the molecule is O=C(NC1CCC12CCCC2)c1nc(Nc2cncc(F)c2)cc2c1CN=C2. The summed E-state index contributed by atoms with van der Waals surface area (Å²) in [5.74, 6) is -0.0925. The maximum absolute atomic E-state index is 13.4.